The zero-order chi connectivity index (χ0) is 18.7. The van der Waals surface area contributed by atoms with Crippen LogP contribution >= 0.6 is 0 Å². The van der Waals surface area contributed by atoms with E-state index in [0.717, 1.165) is 12.1 Å². The molecule has 0 saturated heterocycles. The monoisotopic (exact) mass is 356 g/mol. The molecule has 0 saturated carbocycles. The van der Waals surface area contributed by atoms with Gasteiger partial charge in [-0.25, -0.2) is 9.18 Å². The van der Waals surface area contributed by atoms with Crippen LogP contribution < -0.4 is 21.9 Å². The first-order valence-electron chi connectivity index (χ1n) is 7.43. The summed E-state index contributed by atoms with van der Waals surface area (Å²) < 4.78 is 12.8. The number of carbonyl (C=O) groups excluding carboxylic acids is 1. The number of anilines is 3. The van der Waals surface area contributed by atoms with Crippen LogP contribution in [-0.4, -0.2) is 20.8 Å². The number of hydrogen-bond donors (Lipinski definition) is 4. The minimum Gasteiger partial charge on any atom is -0.421 e. The molecular weight excluding hydrogens is 343 g/mol. The lowest BCUT2D eigenvalue weighted by Gasteiger charge is -2.12. The number of benzene rings is 2. The van der Waals surface area contributed by atoms with Crippen molar-refractivity contribution in [2.24, 2.45) is 0 Å². The highest BCUT2D eigenvalue weighted by atomic mass is 19.1. The molecule has 9 heteroatoms. The van der Waals surface area contributed by atoms with E-state index in [2.05, 4.69) is 15.6 Å². The van der Waals surface area contributed by atoms with Crippen molar-refractivity contribution >= 4 is 23.1 Å². The van der Waals surface area contributed by atoms with Gasteiger partial charge in [0.1, 0.15) is 17.2 Å². The summed E-state index contributed by atoms with van der Waals surface area (Å²) in [6.45, 7) is 0. The molecule has 0 aliphatic rings. The fraction of sp³-hybridized carbons (Fsp3) is 0. The van der Waals surface area contributed by atoms with Gasteiger partial charge in [-0.2, -0.15) is 0 Å². The highest BCUT2D eigenvalue weighted by Crippen LogP contribution is 2.17. The molecule has 0 fully saturated rings. The summed E-state index contributed by atoms with van der Waals surface area (Å²) in [7, 11) is 0. The van der Waals surface area contributed by atoms with E-state index in [0.29, 0.717) is 5.69 Å². The standard InChI is InChI=1S/C17H13FN4O4/c18-10-6-8-12(9-7-10)20-15(23)13-14(19-11-4-2-1-3-5-11)21-17(25)22(26)16(13)24/h1-9,19,26H,(H,20,23)(H,21,25). The summed E-state index contributed by atoms with van der Waals surface area (Å²) in [5.41, 5.74) is -2.08. The maximum Gasteiger partial charge on any atom is 0.363 e. The SMILES string of the molecule is O=C(Nc1ccc(F)cc1)c1c(Nc2ccccc2)[nH]c(=O)n(O)c1=O. The van der Waals surface area contributed by atoms with E-state index in [9.17, 15) is 24.0 Å². The molecule has 132 valence electrons. The number of halogens is 1. The first kappa shape index (κ1) is 17.0. The maximum absolute atomic E-state index is 13.0. The molecule has 1 heterocycles. The van der Waals surface area contributed by atoms with Crippen LogP contribution in [0.2, 0.25) is 0 Å². The van der Waals surface area contributed by atoms with E-state index >= 15 is 0 Å². The second kappa shape index (κ2) is 6.93. The Bertz CT molecular complexity index is 1060. The number of aromatic amines is 1. The van der Waals surface area contributed by atoms with Gasteiger partial charge in [0, 0.05) is 11.4 Å². The average molecular weight is 356 g/mol. The number of para-hydroxylation sites is 1. The van der Waals surface area contributed by atoms with Gasteiger partial charge in [0.15, 0.2) is 0 Å². The lowest BCUT2D eigenvalue weighted by molar-refractivity contribution is 0.101. The van der Waals surface area contributed by atoms with Crippen LogP contribution in [0, 0.1) is 5.82 Å². The summed E-state index contributed by atoms with van der Waals surface area (Å²) in [4.78, 5) is 38.6. The fourth-order valence-corrected chi connectivity index (χ4v) is 2.22. The molecule has 0 unspecified atom stereocenters. The van der Waals surface area contributed by atoms with Crippen molar-refractivity contribution in [2.75, 3.05) is 10.6 Å². The van der Waals surface area contributed by atoms with E-state index < -0.39 is 28.5 Å². The molecule has 8 nitrogen and oxygen atoms in total. The van der Waals surface area contributed by atoms with Gasteiger partial charge in [0.2, 0.25) is 0 Å². The van der Waals surface area contributed by atoms with Crippen LogP contribution in [0.1, 0.15) is 10.4 Å². The molecule has 0 radical (unpaired) electrons. The van der Waals surface area contributed by atoms with E-state index in [-0.39, 0.29) is 16.2 Å². The van der Waals surface area contributed by atoms with Crippen molar-refractivity contribution in [3.05, 3.63) is 86.8 Å². The second-order valence-electron chi connectivity index (χ2n) is 5.25. The summed E-state index contributed by atoms with van der Waals surface area (Å²) >= 11 is 0. The Labute approximate surface area is 145 Å². The molecule has 0 atom stereocenters. The first-order valence-corrected chi connectivity index (χ1v) is 7.43. The number of rotatable bonds is 4. The van der Waals surface area contributed by atoms with Gasteiger partial charge in [-0.05, 0) is 36.4 Å². The number of H-pyrrole nitrogens is 1. The highest BCUT2D eigenvalue weighted by Gasteiger charge is 2.21. The van der Waals surface area contributed by atoms with E-state index in [1.54, 1.807) is 30.3 Å². The van der Waals surface area contributed by atoms with Crippen molar-refractivity contribution in [2.45, 2.75) is 0 Å². The number of hydrogen-bond acceptors (Lipinski definition) is 5. The topological polar surface area (TPSA) is 116 Å². The van der Waals surface area contributed by atoms with Gasteiger partial charge >= 0.3 is 11.2 Å². The summed E-state index contributed by atoms with van der Waals surface area (Å²) in [6, 6.07) is 13.4. The van der Waals surface area contributed by atoms with E-state index in [1.165, 1.54) is 12.1 Å². The Hall–Kier alpha value is -3.88. The van der Waals surface area contributed by atoms with Gasteiger partial charge < -0.3 is 15.8 Å². The number of aromatic nitrogens is 2. The third-order valence-electron chi connectivity index (χ3n) is 3.45. The Kier molecular flexibility index (Phi) is 4.52. The van der Waals surface area contributed by atoms with Gasteiger partial charge in [0.05, 0.1) is 0 Å². The largest absolute Gasteiger partial charge is 0.421 e. The number of amides is 1. The number of nitrogens with one attached hydrogen (secondary N) is 3. The number of nitrogens with zero attached hydrogens (tertiary/aromatic N) is 1. The Balaban J connectivity index is 2.02. The molecule has 0 spiro atoms. The lowest BCUT2D eigenvalue weighted by Crippen LogP contribution is -2.39. The molecule has 3 rings (SSSR count). The highest BCUT2D eigenvalue weighted by molar-refractivity contribution is 6.07. The van der Waals surface area contributed by atoms with Crippen molar-refractivity contribution in [1.29, 1.82) is 0 Å². The van der Waals surface area contributed by atoms with Crippen molar-refractivity contribution in [1.82, 2.24) is 9.71 Å². The molecule has 26 heavy (non-hydrogen) atoms. The molecule has 3 aromatic rings. The Morgan fingerprint density at radius 3 is 2.31 bits per heavy atom. The summed E-state index contributed by atoms with van der Waals surface area (Å²) in [6.07, 6.45) is 0. The Morgan fingerprint density at radius 1 is 1.00 bits per heavy atom. The maximum atomic E-state index is 13.0. The molecular formula is C17H13FN4O4. The third-order valence-corrected chi connectivity index (χ3v) is 3.45. The summed E-state index contributed by atoms with van der Waals surface area (Å²) in [5.74, 6) is -1.56. The van der Waals surface area contributed by atoms with E-state index in [4.69, 9.17) is 0 Å². The fourth-order valence-electron chi connectivity index (χ4n) is 2.22. The van der Waals surface area contributed by atoms with Gasteiger partial charge in [-0.3, -0.25) is 14.6 Å². The smallest absolute Gasteiger partial charge is 0.363 e. The van der Waals surface area contributed by atoms with Crippen LogP contribution in [0.5, 0.6) is 0 Å². The van der Waals surface area contributed by atoms with Crippen LogP contribution in [-0.2, 0) is 0 Å². The predicted octanol–water partition coefficient (Wildman–Crippen LogP) is 1.91. The van der Waals surface area contributed by atoms with Crippen LogP contribution in [0.15, 0.2) is 64.2 Å². The molecule has 1 amide bonds. The molecule has 0 bridgehead atoms. The first-order chi connectivity index (χ1) is 12.5. The zero-order valence-electron chi connectivity index (χ0n) is 13.2. The van der Waals surface area contributed by atoms with Crippen LogP contribution in [0.3, 0.4) is 0 Å². The lowest BCUT2D eigenvalue weighted by atomic mass is 10.2. The van der Waals surface area contributed by atoms with Crippen molar-refractivity contribution < 1.29 is 14.4 Å². The molecule has 0 aliphatic carbocycles. The average Bonchev–Trinajstić information content (AvgIpc) is 2.62. The summed E-state index contributed by atoms with van der Waals surface area (Å²) in [5, 5.41) is 14.7. The normalized spacial score (nSPS) is 10.3. The molecule has 2 aromatic carbocycles. The predicted molar refractivity (Wildman–Crippen MR) is 92.6 cm³/mol. The van der Waals surface area contributed by atoms with Gasteiger partial charge in [-0.15, -0.1) is 0 Å². The van der Waals surface area contributed by atoms with Crippen LogP contribution in [0.4, 0.5) is 21.6 Å². The quantitative estimate of drug-likeness (QED) is 0.533. The second-order valence-corrected chi connectivity index (χ2v) is 5.25. The van der Waals surface area contributed by atoms with E-state index in [1.807, 2.05) is 0 Å². The van der Waals surface area contributed by atoms with Crippen LogP contribution in [0.25, 0.3) is 0 Å². The van der Waals surface area contributed by atoms with Gasteiger partial charge in [-0.1, -0.05) is 22.9 Å². The van der Waals surface area contributed by atoms with Gasteiger partial charge in [0.25, 0.3) is 5.91 Å². The minimum atomic E-state index is -1.20. The zero-order valence-corrected chi connectivity index (χ0v) is 13.2. The Morgan fingerprint density at radius 2 is 1.65 bits per heavy atom. The molecule has 1 aromatic heterocycles. The van der Waals surface area contributed by atoms with Crippen molar-refractivity contribution in [3.8, 4) is 0 Å². The number of carbonyl (C=O) groups is 1. The molecule has 0 aliphatic heterocycles. The molecule has 4 N–H and O–H groups in total. The van der Waals surface area contributed by atoms with Crippen molar-refractivity contribution in [3.63, 3.8) is 0 Å². The minimum absolute atomic E-state index is 0.184. The third kappa shape index (κ3) is 3.46.